The summed E-state index contributed by atoms with van der Waals surface area (Å²) in [7, 11) is 0. The lowest BCUT2D eigenvalue weighted by molar-refractivity contribution is -0.545. The number of nitrogens with zero attached hydrogens (tertiary/aromatic N) is 4. The van der Waals surface area contributed by atoms with Gasteiger partial charge in [-0.2, -0.15) is 5.43 Å². The first kappa shape index (κ1) is 20.1. The van der Waals surface area contributed by atoms with Crippen LogP contribution in [0.5, 0.6) is 0 Å². The Morgan fingerprint density at radius 3 is 2.21 bits per heavy atom. The summed E-state index contributed by atoms with van der Waals surface area (Å²) in [5.41, 5.74) is 4.73. The number of nitro groups is 1. The van der Waals surface area contributed by atoms with Crippen molar-refractivity contribution in [3.8, 4) is 0 Å². The molecule has 3 aromatic rings. The second kappa shape index (κ2) is 8.55. The highest BCUT2D eigenvalue weighted by Gasteiger charge is 2.32. The zero-order valence-corrected chi connectivity index (χ0v) is 17.4. The molecule has 1 aliphatic heterocycles. The number of rotatable bonds is 4. The number of nitrogens with two attached hydrogens (primary N) is 1. The number of para-hydroxylation sites is 1. The van der Waals surface area contributed by atoms with Crippen LogP contribution in [0.25, 0.3) is 0 Å². The molecule has 1 aliphatic rings. The van der Waals surface area contributed by atoms with Crippen LogP contribution in [-0.2, 0) is 0 Å². The van der Waals surface area contributed by atoms with Crippen molar-refractivity contribution < 1.29 is 22.8 Å². The molecule has 0 fully saturated rings. The van der Waals surface area contributed by atoms with Crippen molar-refractivity contribution in [1.82, 2.24) is 0 Å². The summed E-state index contributed by atoms with van der Waals surface area (Å²) in [6.45, 7) is 0. The molecule has 0 saturated heterocycles. The van der Waals surface area contributed by atoms with E-state index < -0.39 is 4.92 Å². The van der Waals surface area contributed by atoms with Gasteiger partial charge in [-0.1, -0.05) is 35.4 Å². The second-order valence-corrected chi connectivity index (χ2v) is 7.00. The van der Waals surface area contributed by atoms with E-state index in [1.807, 2.05) is 65.1 Å². The van der Waals surface area contributed by atoms with Gasteiger partial charge in [0, 0.05) is 15.7 Å². The first-order valence-corrected chi connectivity index (χ1v) is 9.28. The Labute approximate surface area is 181 Å². The molecule has 0 atom stereocenters. The van der Waals surface area contributed by atoms with E-state index in [-0.39, 0.29) is 18.1 Å². The lowest BCUT2D eigenvalue weighted by Crippen LogP contribution is -3.00. The third kappa shape index (κ3) is 3.93. The Kier molecular flexibility index (Phi) is 6.12. The minimum Gasteiger partial charge on any atom is -1.00 e. The summed E-state index contributed by atoms with van der Waals surface area (Å²) < 4.78 is 1.07. The number of halogens is 2. The monoisotopic (exact) mass is 507 g/mol. The summed E-state index contributed by atoms with van der Waals surface area (Å²) in [6.07, 6.45) is 0. The Morgan fingerprint density at radius 1 is 0.929 bits per heavy atom. The molecular weight excluding hydrogens is 493 g/mol. The highest BCUT2D eigenvalue weighted by molar-refractivity contribution is 14.1. The second-order valence-electron chi connectivity index (χ2n) is 5.84. The van der Waals surface area contributed by atoms with Crippen LogP contribution >= 0.6 is 22.6 Å². The molecular formula is C19H15ClIN5O2. The topological polar surface area (TPSA) is 78.6 Å². The highest BCUT2D eigenvalue weighted by atomic mass is 127. The number of quaternary nitrogens is 1. The first-order valence-electron chi connectivity index (χ1n) is 8.20. The standard InChI is InChI=1S/C19H14IN5O2.ClH/c20-17-8-4-5-9-18(17)24-22-19(14-6-2-1-3-7-14)21-23(24)15-10-12-16(13-11-15)25(26)27;/h1-13H,(H,21,22);1H. The van der Waals surface area contributed by atoms with Crippen molar-refractivity contribution in [2.45, 2.75) is 0 Å². The van der Waals surface area contributed by atoms with Crippen LogP contribution in [0.3, 0.4) is 0 Å². The van der Waals surface area contributed by atoms with E-state index in [0.717, 1.165) is 26.3 Å². The summed E-state index contributed by atoms with van der Waals surface area (Å²) in [5.74, 6) is 0.814. The highest BCUT2D eigenvalue weighted by Crippen LogP contribution is 2.27. The number of anilines is 2. The van der Waals surface area contributed by atoms with Crippen molar-refractivity contribution >= 4 is 45.5 Å². The zero-order chi connectivity index (χ0) is 18.8. The van der Waals surface area contributed by atoms with E-state index in [0.29, 0.717) is 0 Å². The molecule has 4 rings (SSSR count). The molecule has 28 heavy (non-hydrogen) atoms. The van der Waals surface area contributed by atoms with Crippen LogP contribution in [0, 0.1) is 13.7 Å². The van der Waals surface area contributed by atoms with Crippen LogP contribution in [-0.4, -0.2) is 10.8 Å². The van der Waals surface area contributed by atoms with E-state index in [4.69, 9.17) is 5.10 Å². The maximum absolute atomic E-state index is 10.9. The van der Waals surface area contributed by atoms with Crippen LogP contribution in [0.4, 0.5) is 17.1 Å². The van der Waals surface area contributed by atoms with Gasteiger partial charge in [0.25, 0.3) is 11.5 Å². The van der Waals surface area contributed by atoms with Gasteiger partial charge in [0.15, 0.2) is 0 Å². The molecule has 142 valence electrons. The molecule has 0 amide bonds. The molecule has 0 radical (unpaired) electrons. The van der Waals surface area contributed by atoms with Gasteiger partial charge < -0.3 is 12.4 Å². The van der Waals surface area contributed by atoms with Gasteiger partial charge in [-0.3, -0.25) is 10.1 Å². The molecule has 3 aromatic carbocycles. The third-order valence-electron chi connectivity index (χ3n) is 4.11. The quantitative estimate of drug-likeness (QED) is 0.238. The van der Waals surface area contributed by atoms with Crippen molar-refractivity contribution in [3.63, 3.8) is 0 Å². The fraction of sp³-hybridized carbons (Fsp3) is 0. The summed E-state index contributed by atoms with van der Waals surface area (Å²) >= 11 is 2.29. The van der Waals surface area contributed by atoms with Crippen molar-refractivity contribution in [3.05, 3.63) is 98.1 Å². The number of hydrogen-bond donors (Lipinski definition) is 1. The van der Waals surface area contributed by atoms with E-state index >= 15 is 0 Å². The number of nitro benzene ring substituents is 1. The van der Waals surface area contributed by atoms with Crippen LogP contribution in [0.2, 0.25) is 0 Å². The number of hydrogen-bond acceptors (Lipinski definition) is 5. The Morgan fingerprint density at radius 2 is 1.57 bits per heavy atom. The Hall–Kier alpha value is -2.69. The molecule has 0 spiro atoms. The van der Waals surface area contributed by atoms with Crippen molar-refractivity contribution in [2.75, 3.05) is 10.2 Å². The molecule has 0 aromatic heterocycles. The fourth-order valence-corrected chi connectivity index (χ4v) is 3.42. The fourth-order valence-electron chi connectivity index (χ4n) is 2.79. The molecule has 0 bridgehead atoms. The van der Waals surface area contributed by atoms with Gasteiger partial charge in [0.05, 0.1) is 16.2 Å². The SMILES string of the molecule is O=[N+]([O-])c1ccc(N2N=C(c3ccccc3)[NH2+]N2c2ccccc2I)cc1.[Cl-]. The largest absolute Gasteiger partial charge is 1.00 e. The average Bonchev–Trinajstić information content (AvgIpc) is 3.14. The van der Waals surface area contributed by atoms with Crippen molar-refractivity contribution in [2.24, 2.45) is 5.10 Å². The summed E-state index contributed by atoms with van der Waals surface area (Å²) in [6, 6.07) is 24.3. The molecule has 0 unspecified atom stereocenters. The lowest BCUT2D eigenvalue weighted by Gasteiger charge is -2.24. The van der Waals surface area contributed by atoms with Gasteiger partial charge in [-0.15, -0.1) is 10.2 Å². The third-order valence-corrected chi connectivity index (χ3v) is 5.02. The average molecular weight is 508 g/mol. The van der Waals surface area contributed by atoms with Gasteiger partial charge in [0.2, 0.25) is 0 Å². The number of benzene rings is 3. The van der Waals surface area contributed by atoms with Crippen molar-refractivity contribution in [1.29, 1.82) is 0 Å². The first-order chi connectivity index (χ1) is 13.1. The minimum absolute atomic E-state index is 0. The number of hydrazine groups is 1. The number of amidine groups is 1. The molecule has 9 heteroatoms. The normalized spacial score (nSPS) is 13.1. The Balaban J connectivity index is 0.00000225. The van der Waals surface area contributed by atoms with Gasteiger partial charge in [0.1, 0.15) is 5.69 Å². The Bertz CT molecular complexity index is 1010. The summed E-state index contributed by atoms with van der Waals surface area (Å²) in [4.78, 5) is 10.5. The summed E-state index contributed by atoms with van der Waals surface area (Å²) in [5, 5.41) is 19.4. The smallest absolute Gasteiger partial charge is 0.277 e. The van der Waals surface area contributed by atoms with Gasteiger partial charge in [-0.25, -0.2) is 0 Å². The minimum atomic E-state index is -0.406. The van der Waals surface area contributed by atoms with Crippen LogP contribution < -0.4 is 28.1 Å². The number of non-ortho nitro benzene ring substituents is 1. The molecule has 0 aliphatic carbocycles. The lowest BCUT2D eigenvalue weighted by atomic mass is 10.2. The molecule has 1 heterocycles. The van der Waals surface area contributed by atoms with E-state index in [2.05, 4.69) is 22.6 Å². The van der Waals surface area contributed by atoms with E-state index in [1.165, 1.54) is 12.1 Å². The van der Waals surface area contributed by atoms with E-state index in [9.17, 15) is 10.1 Å². The predicted molar refractivity (Wildman–Crippen MR) is 112 cm³/mol. The predicted octanol–water partition coefficient (Wildman–Crippen LogP) is 0.285. The molecule has 2 N–H and O–H groups in total. The van der Waals surface area contributed by atoms with Gasteiger partial charge in [-0.05, 0) is 59.0 Å². The maximum atomic E-state index is 10.9. The molecule has 0 saturated carbocycles. The zero-order valence-electron chi connectivity index (χ0n) is 14.4. The van der Waals surface area contributed by atoms with Gasteiger partial charge >= 0.3 is 0 Å². The maximum Gasteiger partial charge on any atom is 0.277 e. The van der Waals surface area contributed by atoms with Crippen LogP contribution in [0.1, 0.15) is 5.56 Å². The number of hydrazone groups is 1. The van der Waals surface area contributed by atoms with E-state index in [1.54, 1.807) is 17.3 Å². The molecule has 7 nitrogen and oxygen atoms in total. The van der Waals surface area contributed by atoms with Crippen LogP contribution in [0.15, 0.2) is 84.0 Å².